The lowest BCUT2D eigenvalue weighted by atomic mass is 9.96. The van der Waals surface area contributed by atoms with Gasteiger partial charge in [-0.05, 0) is 83.5 Å². The molecule has 0 bridgehead atoms. The Kier molecular flexibility index (Phi) is 46.5. The molecule has 12 N–H and O–H groups in total. The molecular formula is C71H119NO18. The van der Waals surface area contributed by atoms with E-state index in [0.717, 1.165) is 128 Å². The van der Waals surface area contributed by atoms with Gasteiger partial charge in [-0.2, -0.15) is 0 Å². The zero-order valence-electron chi connectivity index (χ0n) is 54.3. The molecule has 0 saturated carbocycles. The van der Waals surface area contributed by atoms with Crippen LogP contribution in [0.4, 0.5) is 0 Å². The Morgan fingerprint density at radius 3 is 1.20 bits per heavy atom. The number of rotatable bonds is 50. The van der Waals surface area contributed by atoms with Gasteiger partial charge in [0, 0.05) is 6.42 Å². The van der Waals surface area contributed by atoms with Crippen molar-refractivity contribution in [2.75, 3.05) is 26.4 Å². The van der Waals surface area contributed by atoms with E-state index in [1.54, 1.807) is 0 Å². The second-order valence-corrected chi connectivity index (χ2v) is 23.9. The van der Waals surface area contributed by atoms with E-state index in [9.17, 15) is 61.0 Å². The number of allylic oxidation sites excluding steroid dienone is 18. The summed E-state index contributed by atoms with van der Waals surface area (Å²) < 4.78 is 34.2. The Balaban J connectivity index is 1.27. The number of unbranched alkanes of at least 4 members (excludes halogenated alkanes) is 16. The second kappa shape index (κ2) is 51.8. The van der Waals surface area contributed by atoms with E-state index in [1.165, 1.54) is 38.5 Å². The first kappa shape index (κ1) is 80.7. The molecule has 0 aliphatic carbocycles. The average molecular weight is 1270 g/mol. The molecule has 19 heteroatoms. The summed E-state index contributed by atoms with van der Waals surface area (Å²) in [7, 11) is 0. The first-order valence-corrected chi connectivity index (χ1v) is 34.1. The highest BCUT2D eigenvalue weighted by atomic mass is 16.8. The van der Waals surface area contributed by atoms with Crippen molar-refractivity contribution in [3.63, 3.8) is 0 Å². The summed E-state index contributed by atoms with van der Waals surface area (Å²) >= 11 is 0. The summed E-state index contributed by atoms with van der Waals surface area (Å²) in [6.07, 6.45) is 42.5. The van der Waals surface area contributed by atoms with Crippen molar-refractivity contribution in [3.8, 4) is 0 Å². The molecule has 0 aromatic heterocycles. The van der Waals surface area contributed by atoms with Gasteiger partial charge in [-0.25, -0.2) is 0 Å². The highest BCUT2D eigenvalue weighted by molar-refractivity contribution is 5.76. The minimum Gasteiger partial charge on any atom is -0.394 e. The third-order valence-corrected chi connectivity index (χ3v) is 16.4. The summed E-state index contributed by atoms with van der Waals surface area (Å²) in [6.45, 7) is 1.57. The smallest absolute Gasteiger partial charge is 0.220 e. The van der Waals surface area contributed by atoms with Crippen LogP contribution < -0.4 is 5.32 Å². The van der Waals surface area contributed by atoms with Crippen LogP contribution in [0.15, 0.2) is 109 Å². The summed E-state index contributed by atoms with van der Waals surface area (Å²) in [5, 5.41) is 120. The van der Waals surface area contributed by atoms with Crippen LogP contribution in [-0.4, -0.2) is 193 Å². The number of hydrogen-bond donors (Lipinski definition) is 12. The van der Waals surface area contributed by atoms with Gasteiger partial charge in [0.25, 0.3) is 0 Å². The lowest BCUT2D eigenvalue weighted by molar-refractivity contribution is -0.379. The number of carbonyl (C=O) groups is 1. The van der Waals surface area contributed by atoms with Gasteiger partial charge in [-0.1, -0.05) is 220 Å². The van der Waals surface area contributed by atoms with Crippen molar-refractivity contribution in [2.45, 2.75) is 304 Å². The van der Waals surface area contributed by atoms with Gasteiger partial charge in [0.2, 0.25) is 5.91 Å². The number of aliphatic hydroxyl groups excluding tert-OH is 11. The molecule has 3 heterocycles. The number of nitrogens with one attached hydrogen (secondary N) is 1. The topological polar surface area (TPSA) is 307 Å². The first-order valence-electron chi connectivity index (χ1n) is 34.1. The van der Waals surface area contributed by atoms with Crippen molar-refractivity contribution in [1.29, 1.82) is 0 Å². The Labute approximate surface area is 538 Å². The summed E-state index contributed by atoms with van der Waals surface area (Å²) in [6, 6.07) is -0.892. The monoisotopic (exact) mass is 1270 g/mol. The van der Waals surface area contributed by atoms with Gasteiger partial charge in [-0.15, -0.1) is 0 Å². The molecule has 17 atom stereocenters. The predicted molar refractivity (Wildman–Crippen MR) is 350 cm³/mol. The molecular weight excluding hydrogens is 1150 g/mol. The second-order valence-electron chi connectivity index (χ2n) is 23.9. The van der Waals surface area contributed by atoms with Crippen molar-refractivity contribution in [3.05, 3.63) is 109 Å². The Bertz CT molecular complexity index is 2060. The largest absolute Gasteiger partial charge is 0.394 e. The van der Waals surface area contributed by atoms with Gasteiger partial charge in [-0.3, -0.25) is 4.79 Å². The lowest BCUT2D eigenvalue weighted by Crippen LogP contribution is -2.66. The standard InChI is InChI=1S/C71H119NO18/c1-3-5-7-9-11-12-13-14-15-16-17-18-19-20-21-22-23-24-25-26-27-28-29-30-31-32-33-34-35-36-37-38-39-40-41-42-43-45-47-49-59(77)72-54(55(76)48-46-44-10-8-6-4-2)53-85-69-65(83)62(80)67(57(51-74)87-69)90-71-66(84)63(81)68(58(52-75)88-71)89-70-64(82)61(79)60(78)56(50-73)86-70/h5,7,11-12,14-15,17-18,20-21,23-24,26-27,29-30,32-33,54-58,60-71,73-76,78-84H,3-4,6,8-10,13,16,19,22,25,28,31,34-53H2,1-2H3,(H,72,77)/b7-5-,12-11-,15-14-,18-17-,21-20-,24-23-,27-26-,30-29-,33-32-. The molecule has 0 spiro atoms. The van der Waals surface area contributed by atoms with Gasteiger partial charge >= 0.3 is 0 Å². The van der Waals surface area contributed by atoms with Crippen LogP contribution in [0.2, 0.25) is 0 Å². The van der Waals surface area contributed by atoms with Crippen LogP contribution in [0.3, 0.4) is 0 Å². The lowest BCUT2D eigenvalue weighted by Gasteiger charge is -2.48. The van der Waals surface area contributed by atoms with Crippen LogP contribution in [0.1, 0.15) is 200 Å². The van der Waals surface area contributed by atoms with Gasteiger partial charge in [0.05, 0.1) is 38.6 Å². The molecule has 516 valence electrons. The molecule has 3 aliphatic heterocycles. The minimum atomic E-state index is -1.97. The molecule has 0 aromatic rings. The fraction of sp³-hybridized carbons (Fsp3) is 0.732. The van der Waals surface area contributed by atoms with E-state index in [-0.39, 0.29) is 18.9 Å². The highest BCUT2D eigenvalue weighted by Crippen LogP contribution is 2.33. The normalized spacial score (nSPS) is 28.7. The Morgan fingerprint density at radius 1 is 0.411 bits per heavy atom. The molecule has 3 fully saturated rings. The highest BCUT2D eigenvalue weighted by Gasteiger charge is 2.53. The molecule has 17 unspecified atom stereocenters. The summed E-state index contributed by atoms with van der Waals surface area (Å²) in [5.74, 6) is -0.257. The molecule has 0 radical (unpaired) electrons. The fourth-order valence-corrected chi connectivity index (χ4v) is 10.8. The first-order chi connectivity index (χ1) is 43.8. The summed E-state index contributed by atoms with van der Waals surface area (Å²) in [4.78, 5) is 13.3. The van der Waals surface area contributed by atoms with E-state index in [1.807, 2.05) is 0 Å². The zero-order chi connectivity index (χ0) is 65.4. The number of amides is 1. The minimum absolute atomic E-state index is 0.255. The van der Waals surface area contributed by atoms with Crippen LogP contribution >= 0.6 is 0 Å². The SMILES string of the molecule is CC/C=C\C/C=C\C/C=C\C/C=C\C/C=C\C/C=C\C/C=C\C/C=C\C/C=C\CCCCCCCCCCCCCC(=O)NC(COC1OC(CO)C(OC2OC(CO)C(OC3OC(CO)C(O)C(O)C3O)C(O)C2O)C(O)C1O)C(O)CCCCCCCC. The maximum Gasteiger partial charge on any atom is 0.220 e. The number of ether oxygens (including phenoxy) is 6. The van der Waals surface area contributed by atoms with Crippen molar-refractivity contribution >= 4 is 5.91 Å². The van der Waals surface area contributed by atoms with E-state index < -0.39 is 124 Å². The van der Waals surface area contributed by atoms with Gasteiger partial charge in [0.1, 0.15) is 73.2 Å². The quantitative estimate of drug-likeness (QED) is 0.0200. The van der Waals surface area contributed by atoms with Gasteiger partial charge in [0.15, 0.2) is 18.9 Å². The van der Waals surface area contributed by atoms with E-state index >= 15 is 0 Å². The predicted octanol–water partition coefficient (Wildman–Crippen LogP) is 8.66. The maximum atomic E-state index is 13.3. The van der Waals surface area contributed by atoms with Crippen LogP contribution in [-0.2, 0) is 33.2 Å². The van der Waals surface area contributed by atoms with Gasteiger partial charge < -0.3 is 89.9 Å². The number of aliphatic hydroxyl groups is 11. The molecule has 3 saturated heterocycles. The molecule has 3 rings (SSSR count). The van der Waals surface area contributed by atoms with Crippen molar-refractivity contribution in [2.24, 2.45) is 0 Å². The summed E-state index contributed by atoms with van der Waals surface area (Å²) in [5.41, 5.74) is 0. The van der Waals surface area contributed by atoms with Crippen molar-refractivity contribution < 1.29 is 89.4 Å². The van der Waals surface area contributed by atoms with Crippen molar-refractivity contribution in [1.82, 2.24) is 5.32 Å². The van der Waals surface area contributed by atoms with Crippen LogP contribution in [0.5, 0.6) is 0 Å². The van der Waals surface area contributed by atoms with E-state index in [4.69, 9.17) is 28.4 Å². The molecule has 90 heavy (non-hydrogen) atoms. The van der Waals surface area contributed by atoms with Crippen LogP contribution in [0.25, 0.3) is 0 Å². The molecule has 1 amide bonds. The average Bonchev–Trinajstić information content (AvgIpc) is 1.11. The maximum absolute atomic E-state index is 13.3. The van der Waals surface area contributed by atoms with E-state index in [2.05, 4.69) is 129 Å². The number of carbonyl (C=O) groups excluding carboxylic acids is 1. The van der Waals surface area contributed by atoms with E-state index in [0.29, 0.717) is 12.8 Å². The number of hydrogen-bond acceptors (Lipinski definition) is 18. The Morgan fingerprint density at radius 2 is 0.767 bits per heavy atom. The molecule has 19 nitrogen and oxygen atoms in total. The fourth-order valence-electron chi connectivity index (χ4n) is 10.8. The zero-order valence-corrected chi connectivity index (χ0v) is 54.3. The third-order valence-electron chi connectivity index (χ3n) is 16.4. The Hall–Kier alpha value is -3.55. The molecule has 3 aliphatic rings. The molecule has 0 aromatic carbocycles. The van der Waals surface area contributed by atoms with Crippen LogP contribution in [0, 0.1) is 0 Å². The third kappa shape index (κ3) is 33.5.